The number of phenols is 1. The number of carbonyl (C=O) groups excluding carboxylic acids is 1. The number of benzene rings is 2. The summed E-state index contributed by atoms with van der Waals surface area (Å²) < 4.78 is 1.81. The Kier molecular flexibility index (Phi) is 4.30. The number of nitrogens with zero attached hydrogens (tertiary/aromatic N) is 3. The predicted molar refractivity (Wildman–Crippen MR) is 105 cm³/mol. The van der Waals surface area contributed by atoms with Gasteiger partial charge >= 0.3 is 0 Å². The van der Waals surface area contributed by atoms with Gasteiger partial charge in [-0.05, 0) is 31.2 Å². The first-order valence-electron chi connectivity index (χ1n) is 8.67. The van der Waals surface area contributed by atoms with Crippen molar-refractivity contribution < 1.29 is 9.90 Å². The van der Waals surface area contributed by atoms with Gasteiger partial charge in [-0.2, -0.15) is 5.10 Å². The van der Waals surface area contributed by atoms with Crippen LogP contribution in [0.4, 0.5) is 5.69 Å². The Labute approximate surface area is 156 Å². The van der Waals surface area contributed by atoms with E-state index in [1.807, 2.05) is 42.1 Å². The summed E-state index contributed by atoms with van der Waals surface area (Å²) in [5.41, 5.74) is 3.10. The number of amides is 1. The Morgan fingerprint density at radius 3 is 2.70 bits per heavy atom. The number of nitrogens with one attached hydrogen (secondary N) is 1. The molecule has 4 rings (SSSR count). The highest BCUT2D eigenvalue weighted by molar-refractivity contribution is 6.13. The number of hydrogen-bond acceptors (Lipinski definition) is 4. The minimum Gasteiger partial charge on any atom is -0.506 e. The highest BCUT2D eigenvalue weighted by atomic mass is 16.3. The number of anilines is 1. The van der Waals surface area contributed by atoms with Crippen LogP contribution < -0.4 is 5.32 Å². The number of pyridine rings is 1. The molecule has 0 bridgehead atoms. The number of rotatable bonds is 4. The second kappa shape index (κ2) is 6.92. The number of carbonyl (C=O) groups is 1. The van der Waals surface area contributed by atoms with E-state index in [9.17, 15) is 9.90 Å². The maximum atomic E-state index is 13.0. The number of aromatic nitrogens is 3. The van der Waals surface area contributed by atoms with Crippen molar-refractivity contribution in [3.05, 3.63) is 72.6 Å². The number of fused-ring (bicyclic) bond motifs is 1. The second-order valence-electron chi connectivity index (χ2n) is 6.13. The molecule has 2 heterocycles. The summed E-state index contributed by atoms with van der Waals surface area (Å²) >= 11 is 0. The van der Waals surface area contributed by atoms with E-state index in [4.69, 9.17) is 0 Å². The first-order chi connectivity index (χ1) is 13.2. The molecular weight excluding hydrogens is 340 g/mol. The van der Waals surface area contributed by atoms with E-state index in [0.29, 0.717) is 16.9 Å². The SMILES string of the molecule is CCn1cc(-c2cc(C(=O)Nc3ccccc3O)c3ccccc3n2)cn1. The normalized spacial score (nSPS) is 10.9. The summed E-state index contributed by atoms with van der Waals surface area (Å²) in [6, 6.07) is 15.9. The lowest BCUT2D eigenvalue weighted by Gasteiger charge is -2.11. The third-order valence-corrected chi connectivity index (χ3v) is 4.37. The van der Waals surface area contributed by atoms with Gasteiger partial charge in [0.15, 0.2) is 0 Å². The maximum Gasteiger partial charge on any atom is 0.256 e. The zero-order chi connectivity index (χ0) is 18.8. The van der Waals surface area contributed by atoms with Crippen molar-refractivity contribution >= 4 is 22.5 Å². The van der Waals surface area contributed by atoms with Gasteiger partial charge in [0.25, 0.3) is 5.91 Å². The molecule has 27 heavy (non-hydrogen) atoms. The van der Waals surface area contributed by atoms with Gasteiger partial charge in [0.05, 0.1) is 28.7 Å². The van der Waals surface area contributed by atoms with E-state index >= 15 is 0 Å². The van der Waals surface area contributed by atoms with Crippen molar-refractivity contribution in [2.45, 2.75) is 13.5 Å². The Hall–Kier alpha value is -3.67. The largest absolute Gasteiger partial charge is 0.506 e. The summed E-state index contributed by atoms with van der Waals surface area (Å²) in [6.45, 7) is 2.77. The zero-order valence-electron chi connectivity index (χ0n) is 14.8. The minimum atomic E-state index is -0.306. The van der Waals surface area contributed by atoms with Crippen LogP contribution in [0.5, 0.6) is 5.75 Å². The van der Waals surface area contributed by atoms with Crippen LogP contribution in [0.1, 0.15) is 17.3 Å². The summed E-state index contributed by atoms with van der Waals surface area (Å²) in [5, 5.41) is 17.8. The highest BCUT2D eigenvalue weighted by Crippen LogP contribution is 2.27. The second-order valence-corrected chi connectivity index (χ2v) is 6.13. The predicted octanol–water partition coefficient (Wildman–Crippen LogP) is 4.08. The third-order valence-electron chi connectivity index (χ3n) is 4.37. The van der Waals surface area contributed by atoms with E-state index in [-0.39, 0.29) is 11.7 Å². The Morgan fingerprint density at radius 1 is 1.15 bits per heavy atom. The van der Waals surface area contributed by atoms with Crippen molar-refractivity contribution in [3.8, 4) is 17.0 Å². The number of phenolic OH excluding ortho intramolecular Hbond substituents is 1. The number of aromatic hydroxyl groups is 1. The fourth-order valence-electron chi connectivity index (χ4n) is 2.95. The van der Waals surface area contributed by atoms with Crippen LogP contribution in [0.2, 0.25) is 0 Å². The molecule has 1 amide bonds. The van der Waals surface area contributed by atoms with Crippen LogP contribution >= 0.6 is 0 Å². The van der Waals surface area contributed by atoms with Crippen molar-refractivity contribution in [3.63, 3.8) is 0 Å². The van der Waals surface area contributed by atoms with Crippen LogP contribution in [-0.4, -0.2) is 25.8 Å². The molecule has 2 N–H and O–H groups in total. The van der Waals surface area contributed by atoms with Gasteiger partial charge in [0, 0.05) is 23.7 Å². The molecule has 2 aromatic carbocycles. The molecule has 0 aliphatic heterocycles. The van der Waals surface area contributed by atoms with Gasteiger partial charge in [-0.15, -0.1) is 0 Å². The van der Waals surface area contributed by atoms with Crippen molar-refractivity contribution in [1.82, 2.24) is 14.8 Å². The van der Waals surface area contributed by atoms with E-state index in [0.717, 1.165) is 23.0 Å². The lowest BCUT2D eigenvalue weighted by atomic mass is 10.0. The van der Waals surface area contributed by atoms with Crippen LogP contribution in [0.25, 0.3) is 22.2 Å². The molecule has 6 heteroatoms. The quantitative estimate of drug-likeness (QED) is 0.539. The van der Waals surface area contributed by atoms with Crippen LogP contribution in [0, 0.1) is 0 Å². The van der Waals surface area contributed by atoms with Gasteiger partial charge in [-0.1, -0.05) is 30.3 Å². The molecule has 6 nitrogen and oxygen atoms in total. The minimum absolute atomic E-state index is 0.0219. The van der Waals surface area contributed by atoms with Gasteiger partial charge in [-0.25, -0.2) is 4.98 Å². The van der Waals surface area contributed by atoms with Crippen molar-refractivity contribution in [1.29, 1.82) is 0 Å². The first-order valence-corrected chi connectivity index (χ1v) is 8.67. The van der Waals surface area contributed by atoms with Crippen molar-refractivity contribution in [2.24, 2.45) is 0 Å². The molecule has 134 valence electrons. The molecule has 0 unspecified atom stereocenters. The average molecular weight is 358 g/mol. The van der Waals surface area contributed by atoms with E-state index in [1.165, 1.54) is 6.07 Å². The fourth-order valence-corrected chi connectivity index (χ4v) is 2.95. The molecule has 0 aliphatic rings. The molecule has 0 atom stereocenters. The van der Waals surface area contributed by atoms with E-state index in [1.54, 1.807) is 30.5 Å². The Balaban J connectivity index is 1.81. The third kappa shape index (κ3) is 3.25. The maximum absolute atomic E-state index is 13.0. The summed E-state index contributed by atoms with van der Waals surface area (Å²) in [4.78, 5) is 17.6. The molecule has 0 saturated heterocycles. The Morgan fingerprint density at radius 2 is 1.93 bits per heavy atom. The lowest BCUT2D eigenvalue weighted by molar-refractivity contribution is 0.102. The molecule has 0 aliphatic carbocycles. The van der Waals surface area contributed by atoms with Crippen molar-refractivity contribution in [2.75, 3.05) is 5.32 Å². The summed E-state index contributed by atoms with van der Waals surface area (Å²) in [6.07, 6.45) is 3.65. The lowest BCUT2D eigenvalue weighted by Crippen LogP contribution is -2.13. The molecular formula is C21H18N4O2. The molecule has 0 fully saturated rings. The summed E-state index contributed by atoms with van der Waals surface area (Å²) in [5.74, 6) is -0.284. The van der Waals surface area contributed by atoms with Crippen LogP contribution in [0.15, 0.2) is 67.0 Å². The molecule has 4 aromatic rings. The summed E-state index contributed by atoms with van der Waals surface area (Å²) in [7, 11) is 0. The zero-order valence-corrected chi connectivity index (χ0v) is 14.8. The average Bonchev–Trinajstić information content (AvgIpc) is 3.18. The topological polar surface area (TPSA) is 80.0 Å². The Bertz CT molecular complexity index is 1130. The van der Waals surface area contributed by atoms with Gasteiger partial charge in [0.2, 0.25) is 0 Å². The monoisotopic (exact) mass is 358 g/mol. The van der Waals surface area contributed by atoms with Gasteiger partial charge < -0.3 is 10.4 Å². The first kappa shape index (κ1) is 16.8. The van der Waals surface area contributed by atoms with E-state index < -0.39 is 0 Å². The number of aryl methyl sites for hydroxylation is 1. The van der Waals surface area contributed by atoms with Gasteiger partial charge in [-0.3, -0.25) is 9.48 Å². The number of para-hydroxylation sites is 3. The van der Waals surface area contributed by atoms with Gasteiger partial charge in [0.1, 0.15) is 5.75 Å². The smallest absolute Gasteiger partial charge is 0.256 e. The molecule has 0 saturated carbocycles. The number of hydrogen-bond donors (Lipinski definition) is 2. The van der Waals surface area contributed by atoms with E-state index in [2.05, 4.69) is 15.4 Å². The highest BCUT2D eigenvalue weighted by Gasteiger charge is 2.16. The molecule has 0 spiro atoms. The van der Waals surface area contributed by atoms with Crippen LogP contribution in [0.3, 0.4) is 0 Å². The van der Waals surface area contributed by atoms with Crippen LogP contribution in [-0.2, 0) is 6.54 Å². The standard InChI is InChI=1S/C21H18N4O2/c1-2-25-13-14(12-22-25)19-11-16(15-7-3-4-8-17(15)23-19)21(27)24-18-9-5-6-10-20(18)26/h3-13,26H,2H2,1H3,(H,24,27). The fraction of sp³-hybridized carbons (Fsp3) is 0.0952. The molecule has 2 aromatic heterocycles. The molecule has 0 radical (unpaired) electrons.